The first kappa shape index (κ1) is 23.1. The van der Waals surface area contributed by atoms with Crippen LogP contribution < -0.4 is 15.6 Å². The Kier molecular flexibility index (Phi) is 6.08. The van der Waals surface area contributed by atoms with E-state index in [1.165, 1.54) is 48.5 Å². The third-order valence-corrected chi connectivity index (χ3v) is 6.49. The van der Waals surface area contributed by atoms with Crippen molar-refractivity contribution in [3.63, 3.8) is 0 Å². The maximum absolute atomic E-state index is 13.7. The Morgan fingerprint density at radius 1 is 1.12 bits per heavy atom. The van der Waals surface area contributed by atoms with Gasteiger partial charge in [-0.3, -0.25) is 15.6 Å². The first-order valence-electron chi connectivity index (χ1n) is 9.64. The molecule has 1 aliphatic rings. The number of alkyl halides is 3. The van der Waals surface area contributed by atoms with Crippen molar-refractivity contribution in [1.29, 1.82) is 0 Å². The molecule has 1 amide bonds. The normalized spacial score (nSPS) is 14.2. The van der Waals surface area contributed by atoms with Crippen LogP contribution in [0.1, 0.15) is 28.9 Å². The number of sulfonamides is 1. The topological polar surface area (TPSA) is 105 Å². The SMILES string of the molecule is O=C(NNc1ccc(S(=O)(=O)NC2CC2)cc1)c1cnn(-c2cccc(Cl)c2)c1C(F)(F)F. The third kappa shape index (κ3) is 5.29. The molecule has 0 atom stereocenters. The predicted molar refractivity (Wildman–Crippen MR) is 114 cm³/mol. The van der Waals surface area contributed by atoms with Crippen LogP contribution in [0, 0.1) is 0 Å². The highest BCUT2D eigenvalue weighted by atomic mass is 35.5. The molecule has 1 fully saturated rings. The molecule has 0 saturated heterocycles. The Labute approximate surface area is 191 Å². The van der Waals surface area contributed by atoms with E-state index in [0.29, 0.717) is 4.68 Å². The van der Waals surface area contributed by atoms with Crippen molar-refractivity contribution in [2.45, 2.75) is 30.0 Å². The van der Waals surface area contributed by atoms with Gasteiger partial charge in [-0.25, -0.2) is 17.8 Å². The molecule has 0 aliphatic heterocycles. The van der Waals surface area contributed by atoms with Crippen molar-refractivity contribution in [3.8, 4) is 5.69 Å². The smallest absolute Gasteiger partial charge is 0.298 e. The number of nitrogens with one attached hydrogen (secondary N) is 3. The molecule has 1 heterocycles. The molecule has 1 aromatic heterocycles. The summed E-state index contributed by atoms with van der Waals surface area (Å²) in [5, 5.41) is 3.92. The van der Waals surface area contributed by atoms with Gasteiger partial charge in [0.15, 0.2) is 5.69 Å². The number of carbonyl (C=O) groups excluding carboxylic acids is 1. The van der Waals surface area contributed by atoms with Gasteiger partial charge in [0, 0.05) is 11.1 Å². The van der Waals surface area contributed by atoms with Gasteiger partial charge in [0.1, 0.15) is 0 Å². The largest absolute Gasteiger partial charge is 0.434 e. The van der Waals surface area contributed by atoms with E-state index < -0.39 is 33.4 Å². The van der Waals surface area contributed by atoms with Crippen LogP contribution in [0.15, 0.2) is 59.6 Å². The first-order chi connectivity index (χ1) is 15.5. The number of hydrazine groups is 1. The Balaban J connectivity index is 1.51. The number of rotatable bonds is 7. The highest BCUT2D eigenvalue weighted by Crippen LogP contribution is 2.34. The zero-order chi connectivity index (χ0) is 23.8. The average molecular weight is 500 g/mol. The quantitative estimate of drug-likeness (QED) is 0.429. The van der Waals surface area contributed by atoms with E-state index in [2.05, 4.69) is 20.7 Å². The molecule has 174 valence electrons. The lowest BCUT2D eigenvalue weighted by Crippen LogP contribution is -2.31. The van der Waals surface area contributed by atoms with E-state index >= 15 is 0 Å². The molecule has 4 rings (SSSR count). The van der Waals surface area contributed by atoms with Gasteiger partial charge < -0.3 is 0 Å². The van der Waals surface area contributed by atoms with Gasteiger partial charge in [0.2, 0.25) is 10.0 Å². The summed E-state index contributed by atoms with van der Waals surface area (Å²) in [6, 6.07) is 11.0. The van der Waals surface area contributed by atoms with Gasteiger partial charge in [0.05, 0.1) is 28.0 Å². The maximum Gasteiger partial charge on any atom is 0.434 e. The first-order valence-corrected chi connectivity index (χ1v) is 11.5. The highest BCUT2D eigenvalue weighted by molar-refractivity contribution is 7.89. The number of nitrogens with zero attached hydrogens (tertiary/aromatic N) is 2. The van der Waals surface area contributed by atoms with Crippen molar-refractivity contribution >= 4 is 33.2 Å². The average Bonchev–Trinajstić information content (AvgIpc) is 3.43. The Morgan fingerprint density at radius 2 is 1.82 bits per heavy atom. The van der Waals surface area contributed by atoms with Crippen molar-refractivity contribution < 1.29 is 26.4 Å². The van der Waals surface area contributed by atoms with Crippen LogP contribution in [-0.2, 0) is 16.2 Å². The van der Waals surface area contributed by atoms with E-state index in [9.17, 15) is 26.4 Å². The van der Waals surface area contributed by atoms with Crippen molar-refractivity contribution in [1.82, 2.24) is 19.9 Å². The minimum Gasteiger partial charge on any atom is -0.298 e. The van der Waals surface area contributed by atoms with Gasteiger partial charge in [0.25, 0.3) is 5.91 Å². The summed E-state index contributed by atoms with van der Waals surface area (Å²) in [5.41, 5.74) is 2.98. The molecule has 8 nitrogen and oxygen atoms in total. The van der Waals surface area contributed by atoms with Crippen LogP contribution in [0.2, 0.25) is 5.02 Å². The number of benzene rings is 2. The maximum atomic E-state index is 13.7. The fourth-order valence-electron chi connectivity index (χ4n) is 2.99. The lowest BCUT2D eigenvalue weighted by atomic mass is 10.2. The third-order valence-electron chi connectivity index (χ3n) is 4.72. The summed E-state index contributed by atoms with van der Waals surface area (Å²) >= 11 is 5.86. The van der Waals surface area contributed by atoms with Gasteiger partial charge >= 0.3 is 6.18 Å². The van der Waals surface area contributed by atoms with Gasteiger partial charge in [-0.15, -0.1) is 0 Å². The minimum absolute atomic E-state index is 0.0356. The summed E-state index contributed by atoms with van der Waals surface area (Å²) in [6.45, 7) is 0. The number of halogens is 4. The van der Waals surface area contributed by atoms with E-state index in [4.69, 9.17) is 11.6 Å². The molecule has 33 heavy (non-hydrogen) atoms. The van der Waals surface area contributed by atoms with E-state index in [1.807, 2.05) is 0 Å². The fraction of sp³-hybridized carbons (Fsp3) is 0.200. The van der Waals surface area contributed by atoms with E-state index in [1.54, 1.807) is 0 Å². The van der Waals surface area contributed by atoms with Crippen LogP contribution >= 0.6 is 11.6 Å². The summed E-state index contributed by atoms with van der Waals surface area (Å²) in [5.74, 6) is -1.08. The summed E-state index contributed by atoms with van der Waals surface area (Å²) in [7, 11) is -3.65. The molecule has 3 aromatic rings. The van der Waals surface area contributed by atoms with Crippen LogP contribution in [0.5, 0.6) is 0 Å². The van der Waals surface area contributed by atoms with Crippen LogP contribution in [0.4, 0.5) is 18.9 Å². The van der Waals surface area contributed by atoms with Gasteiger partial charge in [-0.05, 0) is 55.3 Å². The second-order valence-corrected chi connectivity index (χ2v) is 9.45. The molecule has 13 heteroatoms. The Morgan fingerprint density at radius 3 is 2.42 bits per heavy atom. The number of amides is 1. The second-order valence-electron chi connectivity index (χ2n) is 7.30. The molecule has 1 saturated carbocycles. The molecule has 3 N–H and O–H groups in total. The Bertz CT molecular complexity index is 1290. The number of carbonyl (C=O) groups is 1. The number of hydrogen-bond donors (Lipinski definition) is 3. The fourth-order valence-corrected chi connectivity index (χ4v) is 4.48. The molecular formula is C20H17ClF3N5O3S. The number of anilines is 1. The predicted octanol–water partition coefficient (Wildman–Crippen LogP) is 3.74. The lowest BCUT2D eigenvalue weighted by Gasteiger charge is -2.14. The minimum atomic E-state index is -4.88. The molecule has 0 unspecified atom stereocenters. The van der Waals surface area contributed by atoms with Crippen molar-refractivity contribution in [2.75, 3.05) is 5.43 Å². The summed E-state index contributed by atoms with van der Waals surface area (Å²) in [6.07, 6.45) is -2.49. The van der Waals surface area contributed by atoms with Gasteiger partial charge in [-0.1, -0.05) is 17.7 Å². The molecule has 1 aliphatic carbocycles. The molecule has 0 bridgehead atoms. The van der Waals surface area contributed by atoms with Crippen LogP contribution in [-0.4, -0.2) is 30.1 Å². The van der Waals surface area contributed by atoms with E-state index in [0.717, 1.165) is 19.0 Å². The lowest BCUT2D eigenvalue weighted by molar-refractivity contribution is -0.143. The Hall–Kier alpha value is -3.09. The molecule has 2 aromatic carbocycles. The molecule has 0 radical (unpaired) electrons. The van der Waals surface area contributed by atoms with Crippen molar-refractivity contribution in [2.24, 2.45) is 0 Å². The zero-order valence-corrected chi connectivity index (χ0v) is 18.3. The van der Waals surface area contributed by atoms with Crippen LogP contribution in [0.3, 0.4) is 0 Å². The second kappa shape index (κ2) is 8.69. The monoisotopic (exact) mass is 499 g/mol. The molecule has 0 spiro atoms. The highest BCUT2D eigenvalue weighted by Gasteiger charge is 2.40. The standard InChI is InChI=1S/C20H17ClF3N5O3S/c21-12-2-1-3-15(10-12)29-18(20(22,23)24)17(11-25-29)19(30)27-26-13-6-8-16(9-7-13)33(31,32)28-14-4-5-14/h1-3,6-11,14,26,28H,4-5H2,(H,27,30). The molecular weight excluding hydrogens is 483 g/mol. The van der Waals surface area contributed by atoms with E-state index in [-0.39, 0.29) is 27.3 Å². The zero-order valence-electron chi connectivity index (χ0n) is 16.7. The van der Waals surface area contributed by atoms with Crippen molar-refractivity contribution in [3.05, 3.63) is 71.0 Å². The summed E-state index contributed by atoms with van der Waals surface area (Å²) in [4.78, 5) is 12.5. The summed E-state index contributed by atoms with van der Waals surface area (Å²) < 4.78 is 68.7. The number of aromatic nitrogens is 2. The number of hydrogen-bond acceptors (Lipinski definition) is 5. The van der Waals surface area contributed by atoms with Gasteiger partial charge in [-0.2, -0.15) is 18.3 Å². The van der Waals surface area contributed by atoms with Crippen LogP contribution in [0.25, 0.3) is 5.69 Å².